The van der Waals surface area contributed by atoms with Gasteiger partial charge in [-0.15, -0.1) is 11.3 Å². The van der Waals surface area contributed by atoms with E-state index in [1.165, 1.54) is 4.88 Å². The largest absolute Gasteiger partial charge is 0.242 e. The first-order chi connectivity index (χ1) is 4.61. The van der Waals surface area contributed by atoms with Gasteiger partial charge in [-0.2, -0.15) is 0 Å². The normalized spacial score (nSPS) is 9.90. The predicted octanol–water partition coefficient (Wildman–Crippen LogP) is 2.79. The summed E-state index contributed by atoms with van der Waals surface area (Å²) in [7, 11) is 0. The van der Waals surface area contributed by atoms with Crippen molar-refractivity contribution in [1.29, 1.82) is 0 Å². The molecule has 0 N–H and O–H groups in total. The van der Waals surface area contributed by atoms with E-state index in [1.54, 1.807) is 11.3 Å². The molecule has 2 heteroatoms. The van der Waals surface area contributed by atoms with Crippen LogP contribution in [-0.4, -0.2) is 4.98 Å². The molecule has 0 unspecified atom stereocenters. The molecule has 0 saturated heterocycles. The van der Waals surface area contributed by atoms with Crippen LogP contribution in [0.1, 0.15) is 22.5 Å². The molecule has 1 heterocycles. The van der Waals surface area contributed by atoms with Gasteiger partial charge in [0, 0.05) is 4.88 Å². The van der Waals surface area contributed by atoms with E-state index >= 15 is 0 Å². The summed E-state index contributed by atoms with van der Waals surface area (Å²) in [5.41, 5.74) is 2.18. The molecule has 0 atom stereocenters. The average molecular weight is 153 g/mol. The molecule has 1 rings (SSSR count). The van der Waals surface area contributed by atoms with Crippen LogP contribution in [0, 0.1) is 13.8 Å². The van der Waals surface area contributed by atoms with Crippen LogP contribution in [0.25, 0.3) is 5.57 Å². The lowest BCUT2D eigenvalue weighted by atomic mass is 10.4. The van der Waals surface area contributed by atoms with Gasteiger partial charge in [-0.25, -0.2) is 4.98 Å². The summed E-state index contributed by atoms with van der Waals surface area (Å²) in [4.78, 5) is 5.62. The first-order valence-electron chi connectivity index (χ1n) is 3.21. The van der Waals surface area contributed by atoms with Crippen LogP contribution in [0.5, 0.6) is 0 Å². The molecular weight excluding hydrogens is 142 g/mol. The third-order valence-electron chi connectivity index (χ3n) is 1.39. The van der Waals surface area contributed by atoms with E-state index < -0.39 is 0 Å². The smallest absolute Gasteiger partial charge is 0.118 e. The number of aromatic nitrogens is 1. The summed E-state index contributed by atoms with van der Waals surface area (Å²) < 4.78 is 0. The Morgan fingerprint density at radius 3 is 2.30 bits per heavy atom. The maximum atomic E-state index is 4.33. The Labute approximate surface area is 65.4 Å². The van der Waals surface area contributed by atoms with E-state index in [4.69, 9.17) is 0 Å². The van der Waals surface area contributed by atoms with Gasteiger partial charge in [0.15, 0.2) is 0 Å². The van der Waals surface area contributed by atoms with E-state index in [0.717, 1.165) is 16.3 Å². The number of hydrogen-bond donors (Lipinski definition) is 0. The molecular formula is C8H11NS. The number of aryl methyl sites for hydroxylation is 2. The second-order valence-corrected chi connectivity index (χ2v) is 3.64. The zero-order chi connectivity index (χ0) is 7.72. The topological polar surface area (TPSA) is 12.9 Å². The molecule has 0 spiro atoms. The first-order valence-corrected chi connectivity index (χ1v) is 4.03. The molecule has 54 valence electrons. The average Bonchev–Trinajstić information content (AvgIpc) is 2.13. The highest BCUT2D eigenvalue weighted by molar-refractivity contribution is 7.12. The van der Waals surface area contributed by atoms with E-state index in [9.17, 15) is 0 Å². The third-order valence-corrected chi connectivity index (χ3v) is 2.63. The summed E-state index contributed by atoms with van der Waals surface area (Å²) >= 11 is 1.71. The Bertz CT molecular complexity index is 241. The molecule has 10 heavy (non-hydrogen) atoms. The fraction of sp³-hybridized carbons (Fsp3) is 0.375. The van der Waals surface area contributed by atoms with Gasteiger partial charge >= 0.3 is 0 Å². The van der Waals surface area contributed by atoms with Crippen molar-refractivity contribution in [2.75, 3.05) is 0 Å². The molecule has 0 radical (unpaired) electrons. The summed E-state index contributed by atoms with van der Waals surface area (Å²) in [5.74, 6) is 0. The monoisotopic (exact) mass is 153 g/mol. The number of allylic oxidation sites excluding steroid dienone is 1. The minimum atomic E-state index is 1.06. The van der Waals surface area contributed by atoms with Crippen LogP contribution < -0.4 is 0 Å². The lowest BCUT2D eigenvalue weighted by Crippen LogP contribution is -1.75. The fourth-order valence-corrected chi connectivity index (χ4v) is 1.50. The quantitative estimate of drug-likeness (QED) is 0.604. The Balaban J connectivity index is 3.10. The SMILES string of the molecule is C=C(C)c1nc(C)c(C)s1. The molecule has 0 aliphatic carbocycles. The molecule has 1 aromatic heterocycles. The molecule has 0 amide bonds. The van der Waals surface area contributed by atoms with Gasteiger partial charge in [0.2, 0.25) is 0 Å². The number of nitrogens with zero attached hydrogens (tertiary/aromatic N) is 1. The van der Waals surface area contributed by atoms with Crippen LogP contribution in [-0.2, 0) is 0 Å². The second-order valence-electron chi connectivity index (χ2n) is 2.44. The van der Waals surface area contributed by atoms with Crippen molar-refractivity contribution in [3.05, 3.63) is 22.2 Å². The third kappa shape index (κ3) is 1.27. The molecule has 0 aliphatic heterocycles. The predicted molar refractivity (Wildman–Crippen MR) is 46.3 cm³/mol. The zero-order valence-electron chi connectivity index (χ0n) is 6.56. The van der Waals surface area contributed by atoms with E-state index in [1.807, 2.05) is 13.8 Å². The standard InChI is InChI=1S/C8H11NS/c1-5(2)8-9-6(3)7(4)10-8/h1H2,2-4H3. The highest BCUT2D eigenvalue weighted by Crippen LogP contribution is 2.21. The lowest BCUT2D eigenvalue weighted by molar-refractivity contribution is 1.21. The lowest BCUT2D eigenvalue weighted by Gasteiger charge is -1.86. The Morgan fingerprint density at radius 1 is 1.50 bits per heavy atom. The van der Waals surface area contributed by atoms with Crippen molar-refractivity contribution in [3.8, 4) is 0 Å². The zero-order valence-corrected chi connectivity index (χ0v) is 7.38. The van der Waals surface area contributed by atoms with Gasteiger partial charge < -0.3 is 0 Å². The summed E-state index contributed by atoms with van der Waals surface area (Å²) in [6.07, 6.45) is 0. The number of thiazole rings is 1. The second kappa shape index (κ2) is 2.54. The van der Waals surface area contributed by atoms with Crippen molar-refractivity contribution in [1.82, 2.24) is 4.98 Å². The van der Waals surface area contributed by atoms with Crippen molar-refractivity contribution in [3.63, 3.8) is 0 Å². The van der Waals surface area contributed by atoms with Gasteiger partial charge in [0.25, 0.3) is 0 Å². The molecule has 0 bridgehead atoms. The van der Waals surface area contributed by atoms with Crippen molar-refractivity contribution >= 4 is 16.9 Å². The Morgan fingerprint density at radius 2 is 2.10 bits per heavy atom. The molecule has 0 aromatic carbocycles. The van der Waals surface area contributed by atoms with Gasteiger partial charge in [-0.1, -0.05) is 6.58 Å². The maximum Gasteiger partial charge on any atom is 0.118 e. The molecule has 1 nitrogen and oxygen atoms in total. The number of hydrogen-bond acceptors (Lipinski definition) is 2. The van der Waals surface area contributed by atoms with Crippen LogP contribution >= 0.6 is 11.3 Å². The fourth-order valence-electron chi connectivity index (χ4n) is 0.655. The Kier molecular flexibility index (Phi) is 1.90. The van der Waals surface area contributed by atoms with E-state index in [0.29, 0.717) is 0 Å². The van der Waals surface area contributed by atoms with E-state index in [2.05, 4.69) is 18.5 Å². The van der Waals surface area contributed by atoms with Crippen LogP contribution in [0.4, 0.5) is 0 Å². The van der Waals surface area contributed by atoms with Crippen LogP contribution in [0.15, 0.2) is 6.58 Å². The van der Waals surface area contributed by atoms with Gasteiger partial charge in [0.1, 0.15) is 5.01 Å². The maximum absolute atomic E-state index is 4.33. The minimum Gasteiger partial charge on any atom is -0.242 e. The van der Waals surface area contributed by atoms with Gasteiger partial charge in [-0.3, -0.25) is 0 Å². The summed E-state index contributed by atoms with van der Waals surface area (Å²) in [6.45, 7) is 9.92. The molecule has 0 aliphatic rings. The first kappa shape index (κ1) is 7.48. The van der Waals surface area contributed by atoms with Crippen molar-refractivity contribution in [2.24, 2.45) is 0 Å². The van der Waals surface area contributed by atoms with Gasteiger partial charge in [-0.05, 0) is 26.3 Å². The van der Waals surface area contributed by atoms with Crippen molar-refractivity contribution < 1.29 is 0 Å². The Hall–Kier alpha value is -0.630. The van der Waals surface area contributed by atoms with E-state index in [-0.39, 0.29) is 0 Å². The van der Waals surface area contributed by atoms with Crippen LogP contribution in [0.2, 0.25) is 0 Å². The summed E-state index contributed by atoms with van der Waals surface area (Å²) in [5, 5.41) is 1.06. The van der Waals surface area contributed by atoms with Crippen LogP contribution in [0.3, 0.4) is 0 Å². The highest BCUT2D eigenvalue weighted by Gasteiger charge is 2.02. The minimum absolute atomic E-state index is 1.06. The van der Waals surface area contributed by atoms with Gasteiger partial charge in [0.05, 0.1) is 5.69 Å². The summed E-state index contributed by atoms with van der Waals surface area (Å²) in [6, 6.07) is 0. The van der Waals surface area contributed by atoms with Crippen molar-refractivity contribution in [2.45, 2.75) is 20.8 Å². The molecule has 0 saturated carbocycles. The molecule has 0 fully saturated rings. The highest BCUT2D eigenvalue weighted by atomic mass is 32.1. The number of rotatable bonds is 1. The molecule has 1 aromatic rings.